The van der Waals surface area contributed by atoms with Gasteiger partial charge in [0.25, 0.3) is 11.6 Å². The van der Waals surface area contributed by atoms with E-state index in [0.29, 0.717) is 22.7 Å². The number of benzene rings is 2. The Morgan fingerprint density at radius 1 is 1.26 bits per heavy atom. The molecule has 0 unspecified atom stereocenters. The number of hydrogen-bond acceptors (Lipinski definition) is 5. The lowest BCUT2D eigenvalue weighted by Crippen LogP contribution is -2.33. The zero-order valence-corrected chi connectivity index (χ0v) is 15.2. The Kier molecular flexibility index (Phi) is 4.57. The van der Waals surface area contributed by atoms with E-state index in [-0.39, 0.29) is 23.8 Å². The summed E-state index contributed by atoms with van der Waals surface area (Å²) >= 11 is 0. The summed E-state index contributed by atoms with van der Waals surface area (Å²) in [4.78, 5) is 35.1. The SMILES string of the molecule is Cc1ccc(C(=O)Nc2ccc3c(c2)OCC(C)(C)C(=O)N3)cc1[N+](=O)[O-]. The van der Waals surface area contributed by atoms with Crippen LogP contribution in [0.1, 0.15) is 29.8 Å². The second-order valence-corrected chi connectivity index (χ2v) is 7.05. The van der Waals surface area contributed by atoms with Crippen LogP contribution in [0, 0.1) is 22.5 Å². The van der Waals surface area contributed by atoms with E-state index in [1.54, 1.807) is 39.0 Å². The lowest BCUT2D eigenvalue weighted by molar-refractivity contribution is -0.385. The highest BCUT2D eigenvalue weighted by atomic mass is 16.6. The van der Waals surface area contributed by atoms with Crippen molar-refractivity contribution in [3.05, 3.63) is 57.6 Å². The van der Waals surface area contributed by atoms with Gasteiger partial charge >= 0.3 is 0 Å². The zero-order valence-electron chi connectivity index (χ0n) is 15.2. The number of carbonyl (C=O) groups excluding carboxylic acids is 2. The predicted octanol–water partition coefficient (Wildman–Crippen LogP) is 3.51. The van der Waals surface area contributed by atoms with Crippen molar-refractivity contribution in [1.82, 2.24) is 0 Å². The molecular formula is C19H19N3O5. The molecule has 0 radical (unpaired) electrons. The van der Waals surface area contributed by atoms with Gasteiger partial charge in [0.05, 0.1) is 16.0 Å². The summed E-state index contributed by atoms with van der Waals surface area (Å²) in [5.41, 5.74) is 0.845. The normalized spacial score (nSPS) is 15.0. The minimum Gasteiger partial charge on any atom is -0.490 e. The number of ether oxygens (including phenoxy) is 1. The van der Waals surface area contributed by atoms with Crippen molar-refractivity contribution in [3.8, 4) is 5.75 Å². The fraction of sp³-hybridized carbons (Fsp3) is 0.263. The number of hydrogen-bond donors (Lipinski definition) is 2. The van der Waals surface area contributed by atoms with Crippen molar-refractivity contribution in [3.63, 3.8) is 0 Å². The first-order valence-corrected chi connectivity index (χ1v) is 8.32. The molecule has 2 N–H and O–H groups in total. The summed E-state index contributed by atoms with van der Waals surface area (Å²) in [6.45, 7) is 5.37. The molecule has 3 rings (SSSR count). The van der Waals surface area contributed by atoms with Crippen LogP contribution in [0.2, 0.25) is 0 Å². The van der Waals surface area contributed by atoms with Gasteiger partial charge in [-0.15, -0.1) is 0 Å². The number of nitro groups is 1. The number of fused-ring (bicyclic) bond motifs is 1. The molecule has 0 atom stereocenters. The second kappa shape index (κ2) is 6.71. The lowest BCUT2D eigenvalue weighted by Gasteiger charge is -2.18. The summed E-state index contributed by atoms with van der Waals surface area (Å²) in [7, 11) is 0. The van der Waals surface area contributed by atoms with E-state index in [0.717, 1.165) is 0 Å². The Balaban J connectivity index is 1.82. The van der Waals surface area contributed by atoms with Crippen LogP contribution in [0.4, 0.5) is 17.1 Å². The van der Waals surface area contributed by atoms with Gasteiger partial charge in [-0.2, -0.15) is 0 Å². The van der Waals surface area contributed by atoms with Gasteiger partial charge < -0.3 is 15.4 Å². The topological polar surface area (TPSA) is 111 Å². The maximum absolute atomic E-state index is 12.4. The van der Waals surface area contributed by atoms with Crippen molar-refractivity contribution >= 4 is 28.9 Å². The van der Waals surface area contributed by atoms with Crippen LogP contribution < -0.4 is 15.4 Å². The zero-order chi connectivity index (χ0) is 19.8. The van der Waals surface area contributed by atoms with E-state index in [2.05, 4.69) is 10.6 Å². The number of aryl methyl sites for hydroxylation is 1. The summed E-state index contributed by atoms with van der Waals surface area (Å²) in [5.74, 6) is -0.178. The Morgan fingerprint density at radius 2 is 2.00 bits per heavy atom. The molecule has 1 aliphatic heterocycles. The standard InChI is InChI=1S/C19H19N3O5/c1-11-4-5-12(8-15(11)22(25)26)17(23)20-13-6-7-14-16(9-13)27-10-19(2,3)18(24)21-14/h4-9H,10H2,1-3H3,(H,20,23)(H,21,24). The molecule has 0 aromatic heterocycles. The van der Waals surface area contributed by atoms with Crippen LogP contribution in [0.15, 0.2) is 36.4 Å². The summed E-state index contributed by atoms with van der Waals surface area (Å²) in [6, 6.07) is 9.18. The Morgan fingerprint density at radius 3 is 2.70 bits per heavy atom. The molecule has 2 aromatic rings. The van der Waals surface area contributed by atoms with Crippen molar-refractivity contribution < 1.29 is 19.2 Å². The average molecular weight is 369 g/mol. The first-order chi connectivity index (χ1) is 12.7. The van der Waals surface area contributed by atoms with E-state index < -0.39 is 16.2 Å². The summed E-state index contributed by atoms with van der Waals surface area (Å²) in [6.07, 6.45) is 0. The number of anilines is 2. The van der Waals surface area contributed by atoms with Crippen LogP contribution in [0.25, 0.3) is 0 Å². The molecule has 2 aromatic carbocycles. The number of carbonyl (C=O) groups is 2. The van der Waals surface area contributed by atoms with Gasteiger partial charge in [0, 0.05) is 28.9 Å². The van der Waals surface area contributed by atoms with Gasteiger partial charge in [-0.1, -0.05) is 6.07 Å². The number of amides is 2. The highest BCUT2D eigenvalue weighted by Gasteiger charge is 2.32. The predicted molar refractivity (Wildman–Crippen MR) is 100 cm³/mol. The third-order valence-corrected chi connectivity index (χ3v) is 4.36. The molecule has 1 heterocycles. The van der Waals surface area contributed by atoms with Crippen molar-refractivity contribution in [2.75, 3.05) is 17.2 Å². The van der Waals surface area contributed by atoms with E-state index in [9.17, 15) is 19.7 Å². The van der Waals surface area contributed by atoms with E-state index in [1.807, 2.05) is 0 Å². The molecule has 0 bridgehead atoms. The minimum atomic E-state index is -0.677. The molecular weight excluding hydrogens is 350 g/mol. The maximum Gasteiger partial charge on any atom is 0.273 e. The molecule has 8 heteroatoms. The van der Waals surface area contributed by atoms with Gasteiger partial charge in [0.15, 0.2) is 0 Å². The third-order valence-electron chi connectivity index (χ3n) is 4.36. The molecule has 0 fully saturated rings. The van der Waals surface area contributed by atoms with Crippen molar-refractivity contribution in [1.29, 1.82) is 0 Å². The van der Waals surface area contributed by atoms with E-state index in [1.165, 1.54) is 18.2 Å². The van der Waals surface area contributed by atoms with Gasteiger partial charge in [0.1, 0.15) is 12.4 Å². The maximum atomic E-state index is 12.4. The number of nitro benzene ring substituents is 1. The molecule has 2 amide bonds. The monoisotopic (exact) mass is 369 g/mol. The van der Waals surface area contributed by atoms with Crippen molar-refractivity contribution in [2.45, 2.75) is 20.8 Å². The molecule has 0 saturated carbocycles. The summed E-state index contributed by atoms with van der Waals surface area (Å²) < 4.78 is 5.70. The molecule has 0 aliphatic carbocycles. The van der Waals surface area contributed by atoms with Crippen LogP contribution >= 0.6 is 0 Å². The Hall–Kier alpha value is -3.42. The fourth-order valence-corrected chi connectivity index (χ4v) is 2.59. The van der Waals surface area contributed by atoms with Gasteiger partial charge in [-0.25, -0.2) is 0 Å². The lowest BCUT2D eigenvalue weighted by atomic mass is 9.94. The third kappa shape index (κ3) is 3.74. The molecule has 140 valence electrons. The molecule has 0 saturated heterocycles. The van der Waals surface area contributed by atoms with Gasteiger partial charge in [-0.3, -0.25) is 19.7 Å². The van der Waals surface area contributed by atoms with Crippen LogP contribution in [-0.2, 0) is 4.79 Å². The van der Waals surface area contributed by atoms with Gasteiger partial charge in [0.2, 0.25) is 5.91 Å². The van der Waals surface area contributed by atoms with Gasteiger partial charge in [-0.05, 0) is 39.0 Å². The smallest absolute Gasteiger partial charge is 0.273 e. The van der Waals surface area contributed by atoms with E-state index >= 15 is 0 Å². The quantitative estimate of drug-likeness (QED) is 0.635. The minimum absolute atomic E-state index is 0.113. The average Bonchev–Trinajstić information content (AvgIpc) is 2.71. The largest absolute Gasteiger partial charge is 0.490 e. The second-order valence-electron chi connectivity index (χ2n) is 7.05. The van der Waals surface area contributed by atoms with E-state index in [4.69, 9.17) is 4.74 Å². The molecule has 1 aliphatic rings. The Bertz CT molecular complexity index is 952. The summed E-state index contributed by atoms with van der Waals surface area (Å²) in [5, 5.41) is 16.5. The van der Waals surface area contributed by atoms with Crippen molar-refractivity contribution in [2.24, 2.45) is 5.41 Å². The number of nitrogens with zero attached hydrogens (tertiary/aromatic N) is 1. The highest BCUT2D eigenvalue weighted by Crippen LogP contribution is 2.34. The number of nitrogens with one attached hydrogen (secondary N) is 2. The first-order valence-electron chi connectivity index (χ1n) is 8.32. The highest BCUT2D eigenvalue weighted by molar-refractivity contribution is 6.05. The molecule has 8 nitrogen and oxygen atoms in total. The number of rotatable bonds is 3. The van der Waals surface area contributed by atoms with Crippen LogP contribution in [-0.4, -0.2) is 23.3 Å². The molecule has 27 heavy (non-hydrogen) atoms. The Labute approximate surface area is 155 Å². The first kappa shape index (κ1) is 18.4. The molecule has 0 spiro atoms. The fourth-order valence-electron chi connectivity index (χ4n) is 2.59. The van der Waals surface area contributed by atoms with Crippen LogP contribution in [0.5, 0.6) is 5.75 Å². The van der Waals surface area contributed by atoms with Crippen LogP contribution in [0.3, 0.4) is 0 Å².